The fraction of sp³-hybridized carbons (Fsp3) is 0.121. The molecule has 3 aromatic heterocycles. The van der Waals surface area contributed by atoms with Crippen molar-refractivity contribution >= 4 is 43.6 Å². The molecule has 0 saturated carbocycles. The molecular formula is C66H53N4OPt-. The molecule has 0 unspecified atom stereocenters. The predicted octanol–water partition coefficient (Wildman–Crippen LogP) is 17.1. The van der Waals surface area contributed by atoms with Crippen LogP contribution >= 0.6 is 0 Å². The first-order valence-corrected chi connectivity index (χ1v) is 24.5. The maximum atomic E-state index is 12.3. The van der Waals surface area contributed by atoms with Gasteiger partial charge in [-0.1, -0.05) is 180 Å². The first kappa shape index (κ1) is 46.5. The number of aromatic hydroxyl groups is 1. The van der Waals surface area contributed by atoms with Gasteiger partial charge in [-0.05, 0) is 104 Å². The van der Waals surface area contributed by atoms with Gasteiger partial charge in [0.05, 0.1) is 27.6 Å². The zero-order valence-electron chi connectivity index (χ0n) is 41.2. The van der Waals surface area contributed by atoms with Crippen LogP contribution in [0.1, 0.15) is 52.7 Å². The van der Waals surface area contributed by atoms with Gasteiger partial charge < -0.3 is 9.67 Å². The standard InChI is InChI=1S/C66H53N4O.Pt/c1-65(2,3)47-32-34-50-43(39-47)31-35-56(66(4,5)6)61(50)46-30-33-55(60(71)41-46)64-68-62-51(25-17-29-59(62)70(64)49-22-11-8-12-23-49)42-18-15-19-45(38-42)57-40-44(36-37-67-57)52-26-16-27-54-53-24-13-14-28-58(53)69(63(52)54)48-20-9-7-10-21-48;/h7-37,39-41,71H,1-6H3;/q-1;. The van der Waals surface area contributed by atoms with E-state index in [0.29, 0.717) is 11.4 Å². The second-order valence-corrected chi connectivity index (χ2v) is 20.7. The number of fused-ring (bicyclic) bond motifs is 5. The number of pyridine rings is 1. The summed E-state index contributed by atoms with van der Waals surface area (Å²) in [4.78, 5) is 10.4. The average molecular weight is 1110 g/mol. The number of phenols is 1. The van der Waals surface area contributed by atoms with Crippen LogP contribution in [0, 0.1) is 6.07 Å². The third-order valence-corrected chi connectivity index (χ3v) is 14.1. The second-order valence-electron chi connectivity index (χ2n) is 20.7. The Balaban J connectivity index is 0.00000560. The minimum atomic E-state index is -0.134. The van der Waals surface area contributed by atoms with Crippen LogP contribution in [0.5, 0.6) is 5.75 Å². The van der Waals surface area contributed by atoms with E-state index in [0.717, 1.165) is 72.6 Å². The van der Waals surface area contributed by atoms with Gasteiger partial charge in [0.15, 0.2) is 0 Å². The number of aromatic nitrogens is 4. The van der Waals surface area contributed by atoms with Crippen molar-refractivity contribution in [2.45, 2.75) is 52.4 Å². The fourth-order valence-corrected chi connectivity index (χ4v) is 10.6. The van der Waals surface area contributed by atoms with E-state index in [1.54, 1.807) is 0 Å². The summed E-state index contributed by atoms with van der Waals surface area (Å²) in [6.07, 6.45) is 1.90. The largest absolute Gasteiger partial charge is 0.507 e. The molecule has 0 aliphatic heterocycles. The molecule has 72 heavy (non-hydrogen) atoms. The summed E-state index contributed by atoms with van der Waals surface area (Å²) in [5, 5.41) is 17.1. The number of benzene rings is 9. The van der Waals surface area contributed by atoms with Crippen LogP contribution in [-0.4, -0.2) is 24.2 Å². The summed E-state index contributed by atoms with van der Waals surface area (Å²) in [6, 6.07) is 74.1. The number of imidazole rings is 1. The number of phenolic OH excluding ortho intramolecular Hbond substituents is 1. The van der Waals surface area contributed by atoms with Crippen molar-refractivity contribution in [2.24, 2.45) is 0 Å². The van der Waals surface area contributed by atoms with Gasteiger partial charge in [0.25, 0.3) is 0 Å². The molecule has 0 fully saturated rings. The van der Waals surface area contributed by atoms with E-state index < -0.39 is 0 Å². The Hall–Kier alpha value is -7.85. The van der Waals surface area contributed by atoms with Gasteiger partial charge in [-0.15, -0.1) is 29.8 Å². The van der Waals surface area contributed by atoms with Crippen LogP contribution in [-0.2, 0) is 31.9 Å². The molecule has 0 aliphatic rings. The normalized spacial score (nSPS) is 12.0. The van der Waals surface area contributed by atoms with Crippen molar-refractivity contribution in [1.82, 2.24) is 19.1 Å². The smallest absolute Gasteiger partial charge is 0.148 e. The predicted molar refractivity (Wildman–Crippen MR) is 296 cm³/mol. The second kappa shape index (κ2) is 18.1. The molecule has 0 spiro atoms. The molecule has 12 rings (SSSR count). The fourth-order valence-electron chi connectivity index (χ4n) is 10.6. The molecule has 0 bridgehead atoms. The summed E-state index contributed by atoms with van der Waals surface area (Å²) in [6.45, 7) is 13.5. The first-order chi connectivity index (χ1) is 34.4. The Morgan fingerprint density at radius 2 is 1.15 bits per heavy atom. The first-order valence-electron chi connectivity index (χ1n) is 24.5. The van der Waals surface area contributed by atoms with Crippen molar-refractivity contribution < 1.29 is 26.2 Å². The van der Waals surface area contributed by atoms with Crippen molar-refractivity contribution in [1.29, 1.82) is 0 Å². The van der Waals surface area contributed by atoms with Crippen LogP contribution in [0.3, 0.4) is 0 Å². The van der Waals surface area contributed by atoms with E-state index in [2.05, 4.69) is 227 Å². The van der Waals surface area contributed by atoms with Gasteiger partial charge in [0.2, 0.25) is 0 Å². The zero-order chi connectivity index (χ0) is 48.6. The summed E-state index contributed by atoms with van der Waals surface area (Å²) in [5.74, 6) is 0.818. The van der Waals surface area contributed by atoms with Gasteiger partial charge in [-0.25, -0.2) is 4.98 Å². The molecule has 0 radical (unpaired) electrons. The van der Waals surface area contributed by atoms with Gasteiger partial charge in [0.1, 0.15) is 11.6 Å². The SMILES string of the molecule is CC(C)(C)c1ccc2c(-c3ccc(-c4nc5c(-c6[c-]c(-c7cc(-c8cccc9c%10ccccc%10n(-c%10ccccc%10)c89)ccn7)ccc6)cccc5n4-c4ccccc4)c(O)c3)c(C(C)(C)C)ccc2c1.[Pt]. The average Bonchev–Trinajstić information content (AvgIpc) is 3.95. The Kier molecular flexibility index (Phi) is 11.7. The Bertz CT molecular complexity index is 4020. The molecule has 6 heteroatoms. The molecule has 0 aliphatic carbocycles. The Morgan fingerprint density at radius 3 is 1.90 bits per heavy atom. The molecule has 0 amide bonds. The van der Waals surface area contributed by atoms with Crippen molar-refractivity contribution in [3.05, 3.63) is 224 Å². The minimum absolute atomic E-state index is 0. The maximum absolute atomic E-state index is 12.3. The summed E-state index contributed by atoms with van der Waals surface area (Å²) < 4.78 is 4.53. The Morgan fingerprint density at radius 1 is 0.486 bits per heavy atom. The van der Waals surface area contributed by atoms with Gasteiger partial charge in [-0.3, -0.25) is 9.55 Å². The van der Waals surface area contributed by atoms with E-state index in [9.17, 15) is 5.11 Å². The van der Waals surface area contributed by atoms with Crippen molar-refractivity contribution in [3.63, 3.8) is 0 Å². The van der Waals surface area contributed by atoms with Gasteiger partial charge in [-0.2, -0.15) is 0 Å². The van der Waals surface area contributed by atoms with E-state index in [1.807, 2.05) is 36.5 Å². The van der Waals surface area contributed by atoms with E-state index >= 15 is 0 Å². The topological polar surface area (TPSA) is 55.9 Å². The number of hydrogen-bond acceptors (Lipinski definition) is 3. The zero-order valence-corrected chi connectivity index (χ0v) is 43.5. The van der Waals surface area contributed by atoms with Crippen LogP contribution in [0.4, 0.5) is 0 Å². The number of nitrogens with zero attached hydrogens (tertiary/aromatic N) is 4. The van der Waals surface area contributed by atoms with Crippen molar-refractivity contribution in [3.8, 4) is 73.2 Å². The monoisotopic (exact) mass is 1110 g/mol. The van der Waals surface area contributed by atoms with Crippen LogP contribution < -0.4 is 0 Å². The molecule has 9 aromatic carbocycles. The summed E-state index contributed by atoms with van der Waals surface area (Å²) >= 11 is 0. The van der Waals surface area contributed by atoms with Gasteiger partial charge >= 0.3 is 0 Å². The molecule has 354 valence electrons. The molecule has 1 N–H and O–H groups in total. The molecule has 3 heterocycles. The van der Waals surface area contributed by atoms with E-state index in [4.69, 9.17) is 9.97 Å². The van der Waals surface area contributed by atoms with Crippen LogP contribution in [0.15, 0.2) is 206 Å². The maximum Gasteiger partial charge on any atom is 0.148 e. The molecule has 12 aromatic rings. The number of para-hydroxylation sites is 5. The quantitative estimate of drug-likeness (QED) is 0.162. The number of hydrogen-bond donors (Lipinski definition) is 1. The van der Waals surface area contributed by atoms with Crippen molar-refractivity contribution in [2.75, 3.05) is 0 Å². The number of rotatable bonds is 7. The van der Waals surface area contributed by atoms with Gasteiger partial charge in [0, 0.05) is 60.7 Å². The minimum Gasteiger partial charge on any atom is -0.507 e. The molecule has 5 nitrogen and oxygen atoms in total. The van der Waals surface area contributed by atoms with E-state index in [1.165, 1.54) is 38.2 Å². The van der Waals surface area contributed by atoms with E-state index in [-0.39, 0.29) is 37.6 Å². The van der Waals surface area contributed by atoms with Crippen LogP contribution in [0.25, 0.3) is 111 Å². The molecular weight excluding hydrogens is 1060 g/mol. The molecule has 0 saturated heterocycles. The summed E-state index contributed by atoms with van der Waals surface area (Å²) in [5.41, 5.74) is 17.0. The third-order valence-electron chi connectivity index (χ3n) is 14.1. The third kappa shape index (κ3) is 8.03. The summed E-state index contributed by atoms with van der Waals surface area (Å²) in [7, 11) is 0. The van der Waals surface area contributed by atoms with Crippen LogP contribution in [0.2, 0.25) is 0 Å². The molecule has 0 atom stereocenters. The Labute approximate surface area is 435 Å².